The predicted molar refractivity (Wildman–Crippen MR) is 145 cm³/mol. The molecule has 0 unspecified atom stereocenters. The Kier molecular flexibility index (Phi) is 8.18. The molecule has 36 heavy (non-hydrogen) atoms. The predicted octanol–water partition coefficient (Wildman–Crippen LogP) is 6.38. The van der Waals surface area contributed by atoms with E-state index in [1.807, 2.05) is 79.7 Å². The van der Waals surface area contributed by atoms with Gasteiger partial charge < -0.3 is 10.2 Å². The van der Waals surface area contributed by atoms with Gasteiger partial charge in [0, 0.05) is 23.7 Å². The number of nitrogens with one attached hydrogen (secondary N) is 1. The number of nitrogens with zero attached hydrogens (tertiary/aromatic N) is 3. The summed E-state index contributed by atoms with van der Waals surface area (Å²) in [7, 11) is 0. The highest BCUT2D eigenvalue weighted by atomic mass is 35.5. The molecule has 0 aliphatic carbocycles. The number of unbranched alkanes of at least 4 members (excludes halogenated alkanes) is 1. The van der Waals surface area contributed by atoms with E-state index < -0.39 is 0 Å². The molecule has 0 saturated carbocycles. The van der Waals surface area contributed by atoms with Gasteiger partial charge in [-0.15, -0.1) is 0 Å². The summed E-state index contributed by atoms with van der Waals surface area (Å²) in [4.78, 5) is 28.1. The first-order valence-electron chi connectivity index (χ1n) is 12.0. The van der Waals surface area contributed by atoms with Crippen molar-refractivity contribution in [2.75, 3.05) is 18.4 Å². The molecule has 0 bridgehead atoms. The number of hydrogen-bond acceptors (Lipinski definition) is 3. The van der Waals surface area contributed by atoms with Crippen LogP contribution < -0.4 is 5.32 Å². The van der Waals surface area contributed by atoms with Crippen LogP contribution in [0.15, 0.2) is 84.9 Å². The van der Waals surface area contributed by atoms with Crippen LogP contribution in [0.4, 0.5) is 5.82 Å². The lowest BCUT2D eigenvalue weighted by atomic mass is 10.1. The molecule has 3 aromatic carbocycles. The summed E-state index contributed by atoms with van der Waals surface area (Å²) in [6.07, 6.45) is 1.72. The van der Waals surface area contributed by atoms with Crippen molar-refractivity contribution in [2.24, 2.45) is 0 Å². The van der Waals surface area contributed by atoms with Gasteiger partial charge in [-0.25, -0.2) is 4.68 Å². The number of amides is 2. The van der Waals surface area contributed by atoms with Gasteiger partial charge in [0.25, 0.3) is 5.91 Å². The molecule has 1 aromatic heterocycles. The lowest BCUT2D eigenvalue weighted by molar-refractivity contribution is -0.117. The number of para-hydroxylation sites is 1. The van der Waals surface area contributed by atoms with Gasteiger partial charge in [0.2, 0.25) is 5.91 Å². The van der Waals surface area contributed by atoms with E-state index in [0.29, 0.717) is 34.3 Å². The van der Waals surface area contributed by atoms with Crippen molar-refractivity contribution >= 4 is 29.2 Å². The minimum Gasteiger partial charge on any atom is -0.329 e. The van der Waals surface area contributed by atoms with Gasteiger partial charge in [0.15, 0.2) is 0 Å². The Morgan fingerprint density at radius 3 is 2.39 bits per heavy atom. The molecular weight excluding hydrogens is 472 g/mol. The van der Waals surface area contributed by atoms with Crippen LogP contribution in [0.25, 0.3) is 16.9 Å². The summed E-state index contributed by atoms with van der Waals surface area (Å²) >= 11 is 6.46. The second-order valence-electron chi connectivity index (χ2n) is 8.59. The molecule has 0 aliphatic rings. The molecule has 4 aromatic rings. The van der Waals surface area contributed by atoms with Crippen molar-refractivity contribution in [1.82, 2.24) is 14.7 Å². The highest BCUT2D eigenvalue weighted by molar-refractivity contribution is 6.32. The van der Waals surface area contributed by atoms with Crippen LogP contribution in [-0.4, -0.2) is 39.6 Å². The topological polar surface area (TPSA) is 67.2 Å². The Bertz CT molecular complexity index is 1350. The second kappa shape index (κ2) is 11.7. The van der Waals surface area contributed by atoms with E-state index >= 15 is 0 Å². The van der Waals surface area contributed by atoms with Gasteiger partial charge in [0.05, 0.1) is 16.4 Å². The average Bonchev–Trinajstić information content (AvgIpc) is 3.30. The number of hydrogen-bond donors (Lipinski definition) is 1. The van der Waals surface area contributed by atoms with E-state index in [-0.39, 0.29) is 18.4 Å². The Morgan fingerprint density at radius 2 is 1.67 bits per heavy atom. The van der Waals surface area contributed by atoms with Gasteiger partial charge in [-0.1, -0.05) is 85.6 Å². The third-order valence-corrected chi connectivity index (χ3v) is 6.23. The van der Waals surface area contributed by atoms with Gasteiger partial charge in [-0.2, -0.15) is 5.10 Å². The quantitative estimate of drug-likeness (QED) is 0.290. The van der Waals surface area contributed by atoms with E-state index in [9.17, 15) is 9.59 Å². The Hall–Kier alpha value is -3.90. The van der Waals surface area contributed by atoms with E-state index in [1.54, 1.807) is 21.7 Å². The number of carbonyl (C=O) groups excluding carboxylic acids is 2. The van der Waals surface area contributed by atoms with Crippen molar-refractivity contribution in [3.05, 3.63) is 101 Å². The molecule has 4 rings (SSSR count). The van der Waals surface area contributed by atoms with E-state index in [0.717, 1.165) is 24.0 Å². The van der Waals surface area contributed by atoms with E-state index in [1.165, 1.54) is 0 Å². The molecule has 0 radical (unpaired) electrons. The van der Waals surface area contributed by atoms with Gasteiger partial charge in [0.1, 0.15) is 12.4 Å². The summed E-state index contributed by atoms with van der Waals surface area (Å²) in [5.41, 5.74) is 3.75. The smallest absolute Gasteiger partial charge is 0.254 e. The lowest BCUT2D eigenvalue weighted by Crippen LogP contribution is -2.39. The third-order valence-electron chi connectivity index (χ3n) is 5.91. The molecule has 0 fully saturated rings. The first kappa shape index (κ1) is 25.2. The number of rotatable bonds is 9. The van der Waals surface area contributed by atoms with Crippen LogP contribution in [-0.2, 0) is 4.79 Å². The van der Waals surface area contributed by atoms with E-state index in [2.05, 4.69) is 12.2 Å². The molecule has 0 aliphatic heterocycles. The molecule has 7 heteroatoms. The molecular formula is C29H29ClN4O2. The maximum atomic E-state index is 13.3. The molecule has 2 amide bonds. The van der Waals surface area contributed by atoms with Crippen molar-refractivity contribution in [3.63, 3.8) is 0 Å². The summed E-state index contributed by atoms with van der Waals surface area (Å²) in [5, 5.41) is 8.20. The second-order valence-corrected chi connectivity index (χ2v) is 8.99. The zero-order chi connectivity index (χ0) is 25.5. The molecule has 1 heterocycles. The van der Waals surface area contributed by atoms with Crippen LogP contribution in [0.2, 0.25) is 5.02 Å². The monoisotopic (exact) mass is 500 g/mol. The average molecular weight is 501 g/mol. The fourth-order valence-electron chi connectivity index (χ4n) is 3.97. The van der Waals surface area contributed by atoms with Crippen LogP contribution in [0, 0.1) is 6.92 Å². The summed E-state index contributed by atoms with van der Waals surface area (Å²) in [6.45, 7) is 4.39. The molecule has 6 nitrogen and oxygen atoms in total. The number of carbonyl (C=O) groups is 2. The fraction of sp³-hybridized carbons (Fsp3) is 0.207. The lowest BCUT2D eigenvalue weighted by Gasteiger charge is -2.23. The number of anilines is 1. The molecule has 0 atom stereocenters. The summed E-state index contributed by atoms with van der Waals surface area (Å²) < 4.78 is 1.63. The molecule has 184 valence electrons. The van der Waals surface area contributed by atoms with Crippen molar-refractivity contribution in [1.29, 1.82) is 0 Å². The van der Waals surface area contributed by atoms with E-state index in [4.69, 9.17) is 16.7 Å². The number of aromatic nitrogens is 2. The summed E-state index contributed by atoms with van der Waals surface area (Å²) in [6, 6.07) is 26.3. The normalized spacial score (nSPS) is 10.8. The largest absolute Gasteiger partial charge is 0.329 e. The van der Waals surface area contributed by atoms with Gasteiger partial charge in [-0.3, -0.25) is 9.59 Å². The maximum absolute atomic E-state index is 13.3. The van der Waals surface area contributed by atoms with Crippen molar-refractivity contribution in [3.8, 4) is 16.9 Å². The van der Waals surface area contributed by atoms with Crippen LogP contribution in [0.1, 0.15) is 35.7 Å². The first-order chi connectivity index (χ1) is 17.5. The standard InChI is InChI=1S/C29H29ClN4O2/c1-3-4-18-33(29(36)23-15-9-8-12-21(23)2)20-28(35)31-27-19-25(22-13-6-5-7-14-22)32-34(27)26-17-11-10-16-24(26)30/h5-17,19H,3-4,18,20H2,1-2H3,(H,31,35). The van der Waals surface area contributed by atoms with Gasteiger partial charge in [-0.05, 0) is 37.1 Å². The minimum absolute atomic E-state index is 0.0679. The zero-order valence-corrected chi connectivity index (χ0v) is 21.2. The van der Waals surface area contributed by atoms with Crippen LogP contribution in [0.3, 0.4) is 0 Å². The fourth-order valence-corrected chi connectivity index (χ4v) is 4.18. The first-order valence-corrected chi connectivity index (χ1v) is 12.4. The number of benzene rings is 3. The molecule has 0 saturated heterocycles. The molecule has 0 spiro atoms. The Balaban J connectivity index is 1.62. The summed E-state index contributed by atoms with van der Waals surface area (Å²) in [5.74, 6) is 0.0212. The van der Waals surface area contributed by atoms with Crippen LogP contribution in [0.5, 0.6) is 0 Å². The van der Waals surface area contributed by atoms with Gasteiger partial charge >= 0.3 is 0 Å². The SMILES string of the molecule is CCCCN(CC(=O)Nc1cc(-c2ccccc2)nn1-c1ccccc1Cl)C(=O)c1ccccc1C. The maximum Gasteiger partial charge on any atom is 0.254 e. The van der Waals surface area contributed by atoms with Crippen molar-refractivity contribution in [2.45, 2.75) is 26.7 Å². The van der Waals surface area contributed by atoms with Crippen molar-refractivity contribution < 1.29 is 9.59 Å². The highest BCUT2D eigenvalue weighted by Crippen LogP contribution is 2.28. The minimum atomic E-state index is -0.305. The van der Waals surface area contributed by atoms with Crippen LogP contribution >= 0.6 is 11.6 Å². The number of halogens is 1. The Labute approximate surface area is 216 Å². The highest BCUT2D eigenvalue weighted by Gasteiger charge is 2.22. The molecule has 1 N–H and O–H groups in total. The third kappa shape index (κ3) is 5.83. The Morgan fingerprint density at radius 1 is 0.972 bits per heavy atom. The zero-order valence-electron chi connectivity index (χ0n) is 20.4. The number of aryl methyl sites for hydroxylation is 1.